The van der Waals surface area contributed by atoms with Gasteiger partial charge in [0.15, 0.2) is 5.78 Å². The number of benzene rings is 2. The average molecular weight is 430 g/mol. The van der Waals surface area contributed by atoms with Crippen LogP contribution in [0, 0.1) is 0 Å². The Morgan fingerprint density at radius 2 is 1.97 bits per heavy atom. The molecule has 7 nitrogen and oxygen atoms in total. The molecule has 2 aromatic carbocycles. The van der Waals surface area contributed by atoms with Crippen molar-refractivity contribution in [2.45, 2.75) is 19.4 Å². The van der Waals surface area contributed by atoms with E-state index in [1.807, 2.05) is 18.3 Å². The van der Waals surface area contributed by atoms with E-state index in [-0.39, 0.29) is 23.7 Å². The second-order valence-electron chi connectivity index (χ2n) is 7.72. The molecule has 5 rings (SSSR count). The number of aromatic hydroxyl groups is 1. The molecule has 2 aliphatic rings. The lowest BCUT2D eigenvalue weighted by Crippen LogP contribution is -2.34. The summed E-state index contributed by atoms with van der Waals surface area (Å²) in [5, 5.41) is 11.3. The lowest BCUT2D eigenvalue weighted by molar-refractivity contribution is -0.191. The molecule has 3 aromatic rings. The molecule has 0 fully saturated rings. The minimum absolute atomic E-state index is 0.0112. The molecule has 0 spiro atoms. The summed E-state index contributed by atoms with van der Waals surface area (Å²) in [5.74, 6) is 0.707. The number of ether oxygens (including phenoxy) is 1. The topological polar surface area (TPSA) is 99.7 Å². The van der Waals surface area contributed by atoms with Crippen LogP contribution in [-0.4, -0.2) is 40.6 Å². The Hall–Kier alpha value is -4.09. The fourth-order valence-electron chi connectivity index (χ4n) is 4.53. The van der Waals surface area contributed by atoms with Gasteiger partial charge < -0.3 is 19.7 Å². The zero-order chi connectivity index (χ0) is 22.8. The third-order valence-electron chi connectivity index (χ3n) is 5.90. The molecule has 1 unspecified atom stereocenters. The predicted octanol–water partition coefficient (Wildman–Crippen LogP) is 3.92. The molecule has 1 aromatic heterocycles. The number of allylic oxidation sites excluding steroid dienone is 2. The Labute approximate surface area is 184 Å². The molecule has 162 valence electrons. The second-order valence-corrected chi connectivity index (χ2v) is 7.72. The number of rotatable bonds is 3. The molecule has 0 amide bonds. The molecule has 0 saturated heterocycles. The number of fused-ring (bicyclic) bond motifs is 5. The van der Waals surface area contributed by atoms with Gasteiger partial charge in [0.05, 0.1) is 18.7 Å². The first-order chi connectivity index (χ1) is 15.5. The molecule has 0 bridgehead atoms. The van der Waals surface area contributed by atoms with Crippen LogP contribution in [0.4, 0.5) is 0 Å². The number of Topliss-reactive ketones (excluding diaryl/α,β-unsaturated/α-hetero) is 1. The highest BCUT2D eigenvalue weighted by Gasteiger charge is 2.33. The van der Waals surface area contributed by atoms with Crippen molar-refractivity contribution in [1.82, 2.24) is 9.88 Å². The van der Waals surface area contributed by atoms with E-state index >= 15 is 0 Å². The molecular weight excluding hydrogens is 408 g/mol. The Morgan fingerprint density at radius 1 is 1.22 bits per heavy atom. The maximum atomic E-state index is 13.0. The largest absolute Gasteiger partial charge is 0.507 e. The molecule has 0 saturated carbocycles. The second kappa shape index (κ2) is 8.57. The Balaban J connectivity index is 0.000000775. The van der Waals surface area contributed by atoms with Crippen LogP contribution in [0.2, 0.25) is 0 Å². The van der Waals surface area contributed by atoms with Gasteiger partial charge in [0.1, 0.15) is 11.5 Å². The highest BCUT2D eigenvalue weighted by molar-refractivity contribution is 6.12. The zero-order valence-corrected chi connectivity index (χ0v) is 17.7. The van der Waals surface area contributed by atoms with E-state index < -0.39 is 0 Å². The average Bonchev–Trinajstić information content (AvgIpc) is 3.17. The van der Waals surface area contributed by atoms with Crippen LogP contribution in [0.15, 0.2) is 65.9 Å². The number of aromatic amines is 1. The van der Waals surface area contributed by atoms with E-state index in [9.17, 15) is 9.90 Å². The number of ketones is 1. The van der Waals surface area contributed by atoms with E-state index in [4.69, 9.17) is 14.3 Å². The minimum atomic E-state index is -0.159. The lowest BCUT2D eigenvalue weighted by Gasteiger charge is -2.38. The summed E-state index contributed by atoms with van der Waals surface area (Å²) < 4.78 is 5.40. The fourth-order valence-corrected chi connectivity index (χ4v) is 4.53. The first-order valence-corrected chi connectivity index (χ1v) is 10.1. The van der Waals surface area contributed by atoms with Crippen molar-refractivity contribution in [2.75, 3.05) is 13.7 Å². The van der Waals surface area contributed by atoms with Crippen molar-refractivity contribution < 1.29 is 24.2 Å². The molecule has 0 radical (unpaired) electrons. The molecule has 2 N–H and O–H groups in total. The Kier molecular flexibility index (Phi) is 5.67. The SMILES string of the molecule is COc1ccc2[nH]c3c(c2c1)CCN1C=C(C(=O)c2ccccc2O)C=C(C)C31.O=C=O. The normalized spacial score (nSPS) is 16.6. The van der Waals surface area contributed by atoms with Crippen LogP contribution in [0.1, 0.15) is 34.6 Å². The molecular formula is C25H22N2O5. The number of carbonyl (C=O) groups excluding carboxylic acids is 3. The van der Waals surface area contributed by atoms with Gasteiger partial charge in [0.25, 0.3) is 0 Å². The number of hydrogen-bond donors (Lipinski definition) is 2. The Morgan fingerprint density at radius 3 is 2.69 bits per heavy atom. The summed E-state index contributed by atoms with van der Waals surface area (Å²) in [5.41, 5.74) is 5.63. The first kappa shape index (κ1) is 21.2. The zero-order valence-electron chi connectivity index (χ0n) is 17.7. The van der Waals surface area contributed by atoms with E-state index in [0.717, 1.165) is 29.8 Å². The molecule has 3 heterocycles. The van der Waals surface area contributed by atoms with Gasteiger partial charge in [-0.1, -0.05) is 12.1 Å². The van der Waals surface area contributed by atoms with Crippen LogP contribution in [0.3, 0.4) is 0 Å². The number of carbonyl (C=O) groups is 1. The van der Waals surface area contributed by atoms with Gasteiger partial charge >= 0.3 is 6.15 Å². The monoisotopic (exact) mass is 430 g/mol. The molecule has 0 aliphatic carbocycles. The van der Waals surface area contributed by atoms with Gasteiger partial charge in [-0.05, 0) is 60.9 Å². The molecule has 1 atom stereocenters. The van der Waals surface area contributed by atoms with Gasteiger partial charge in [0.2, 0.25) is 0 Å². The fraction of sp³-hybridized carbons (Fsp3) is 0.200. The highest BCUT2D eigenvalue weighted by Crippen LogP contribution is 2.42. The number of methoxy groups -OCH3 is 1. The summed E-state index contributed by atoms with van der Waals surface area (Å²) in [6.45, 7) is 2.88. The van der Waals surface area contributed by atoms with Gasteiger partial charge in [-0.15, -0.1) is 0 Å². The first-order valence-electron chi connectivity index (χ1n) is 10.1. The maximum Gasteiger partial charge on any atom is 0.373 e. The van der Waals surface area contributed by atoms with E-state index in [0.29, 0.717) is 11.1 Å². The van der Waals surface area contributed by atoms with Gasteiger partial charge in [-0.3, -0.25) is 4.79 Å². The van der Waals surface area contributed by atoms with E-state index in [1.54, 1.807) is 31.4 Å². The van der Waals surface area contributed by atoms with Crippen LogP contribution in [-0.2, 0) is 16.0 Å². The summed E-state index contributed by atoms with van der Waals surface area (Å²) in [4.78, 5) is 35.0. The van der Waals surface area contributed by atoms with Crippen LogP contribution >= 0.6 is 0 Å². The quantitative estimate of drug-likeness (QED) is 0.611. The number of nitrogens with zero attached hydrogens (tertiary/aromatic N) is 1. The number of aromatic nitrogens is 1. The Bertz CT molecular complexity index is 1290. The van der Waals surface area contributed by atoms with E-state index in [2.05, 4.69) is 28.9 Å². The van der Waals surface area contributed by atoms with Gasteiger partial charge in [0, 0.05) is 34.9 Å². The third-order valence-corrected chi connectivity index (χ3v) is 5.90. The van der Waals surface area contributed by atoms with Crippen LogP contribution in [0.25, 0.3) is 10.9 Å². The number of para-hydroxylation sites is 1. The van der Waals surface area contributed by atoms with Crippen LogP contribution in [0.5, 0.6) is 11.5 Å². The smallest absolute Gasteiger partial charge is 0.373 e. The van der Waals surface area contributed by atoms with Crippen molar-refractivity contribution in [2.24, 2.45) is 0 Å². The van der Waals surface area contributed by atoms with Crippen molar-refractivity contribution in [1.29, 1.82) is 0 Å². The van der Waals surface area contributed by atoms with Crippen molar-refractivity contribution in [3.63, 3.8) is 0 Å². The van der Waals surface area contributed by atoms with Crippen molar-refractivity contribution in [3.8, 4) is 11.5 Å². The highest BCUT2D eigenvalue weighted by atomic mass is 16.5. The third kappa shape index (κ3) is 3.59. The molecule has 7 heteroatoms. The summed E-state index contributed by atoms with van der Waals surface area (Å²) in [6, 6.07) is 12.9. The number of phenolic OH excluding ortho intramolecular Hbond substituents is 1. The van der Waals surface area contributed by atoms with Crippen molar-refractivity contribution in [3.05, 3.63) is 82.7 Å². The summed E-state index contributed by atoms with van der Waals surface area (Å²) >= 11 is 0. The lowest BCUT2D eigenvalue weighted by atomic mass is 9.88. The predicted molar refractivity (Wildman–Crippen MR) is 117 cm³/mol. The number of H-pyrrole nitrogens is 1. The maximum absolute atomic E-state index is 13.0. The minimum Gasteiger partial charge on any atom is -0.507 e. The number of nitrogens with one attached hydrogen (secondary N) is 1. The van der Waals surface area contributed by atoms with E-state index in [1.165, 1.54) is 16.6 Å². The van der Waals surface area contributed by atoms with Gasteiger partial charge in [-0.2, -0.15) is 9.59 Å². The number of phenols is 1. The molecule has 2 aliphatic heterocycles. The summed E-state index contributed by atoms with van der Waals surface area (Å²) in [6.07, 6.45) is 5.01. The number of hydrogen-bond acceptors (Lipinski definition) is 6. The summed E-state index contributed by atoms with van der Waals surface area (Å²) in [7, 11) is 1.68. The van der Waals surface area contributed by atoms with Crippen molar-refractivity contribution >= 4 is 22.8 Å². The van der Waals surface area contributed by atoms with Gasteiger partial charge in [-0.25, -0.2) is 0 Å². The van der Waals surface area contributed by atoms with Crippen LogP contribution < -0.4 is 4.74 Å². The molecule has 32 heavy (non-hydrogen) atoms. The standard InChI is InChI=1S/C24H22N2O3.CO2/c1-14-11-15(24(28)18-5-3-4-6-21(18)27)13-26-10-9-17-19-12-16(29-2)7-8-20(19)25-22(17)23(14)26;2-1-3/h3-8,11-13,23,25,27H,9-10H2,1-2H3;.